The van der Waals surface area contributed by atoms with E-state index in [1.165, 1.54) is 12.1 Å². The van der Waals surface area contributed by atoms with Crippen molar-refractivity contribution in [1.82, 2.24) is 24.9 Å². The highest BCUT2D eigenvalue weighted by atomic mass is 35.5. The van der Waals surface area contributed by atoms with Gasteiger partial charge in [-0.3, -0.25) is 14.3 Å². The van der Waals surface area contributed by atoms with Crippen molar-refractivity contribution in [2.45, 2.75) is 56.2 Å². The van der Waals surface area contributed by atoms with Crippen molar-refractivity contribution >= 4 is 24.2 Å². The third-order valence-corrected chi connectivity index (χ3v) is 7.70. The van der Waals surface area contributed by atoms with E-state index in [0.717, 1.165) is 37.4 Å². The van der Waals surface area contributed by atoms with E-state index in [-0.39, 0.29) is 48.3 Å². The van der Waals surface area contributed by atoms with Gasteiger partial charge in [0.1, 0.15) is 0 Å². The Morgan fingerprint density at radius 3 is 2.32 bits per heavy atom. The second-order valence-electron chi connectivity index (χ2n) is 10.1. The Balaban J connectivity index is 0.00000320. The average molecular weight is 540 g/mol. The van der Waals surface area contributed by atoms with Crippen LogP contribution in [0.15, 0.2) is 30.5 Å². The normalized spacial score (nSPS) is 20.7. The number of aromatic nitrogens is 2. The van der Waals surface area contributed by atoms with Crippen molar-refractivity contribution in [3.8, 4) is 0 Å². The zero-order chi connectivity index (χ0) is 25.4. The molecule has 1 aromatic carbocycles. The van der Waals surface area contributed by atoms with Crippen LogP contribution in [0.3, 0.4) is 0 Å². The van der Waals surface area contributed by atoms with Gasteiger partial charge in [0.15, 0.2) is 0 Å². The summed E-state index contributed by atoms with van der Waals surface area (Å²) in [6.07, 6.45) is 1.31. The number of nitrogens with zero attached hydrogens (tertiary/aromatic N) is 4. The molecule has 11 heteroatoms. The molecule has 3 fully saturated rings. The molecule has 0 radical (unpaired) electrons. The summed E-state index contributed by atoms with van der Waals surface area (Å²) in [6, 6.07) is 5.81. The molecule has 3 aliphatic rings. The molecule has 7 nitrogen and oxygen atoms in total. The summed E-state index contributed by atoms with van der Waals surface area (Å²) in [5.41, 5.74) is 1.18. The molecule has 5 rings (SSSR count). The monoisotopic (exact) mass is 539 g/mol. The minimum atomic E-state index is -4.42. The number of piperidine rings is 1. The first kappa shape index (κ1) is 27.4. The van der Waals surface area contributed by atoms with Gasteiger partial charge in [0.05, 0.1) is 35.6 Å². The number of hydrogen-bond donors (Lipinski definition) is 1. The van der Waals surface area contributed by atoms with E-state index >= 15 is 0 Å². The average Bonchev–Trinajstić information content (AvgIpc) is 3.41. The molecule has 2 saturated heterocycles. The van der Waals surface area contributed by atoms with Gasteiger partial charge in [-0.05, 0) is 50.8 Å². The number of nitrogens with one attached hydrogen (secondary N) is 1. The molecule has 1 aromatic heterocycles. The Labute approximate surface area is 220 Å². The molecule has 0 unspecified atom stereocenters. The lowest BCUT2D eigenvalue weighted by Gasteiger charge is -2.33. The molecular formula is C26H33ClF3N5O2. The molecule has 1 N–H and O–H groups in total. The van der Waals surface area contributed by atoms with Gasteiger partial charge in [-0.25, -0.2) is 0 Å². The molecular weight excluding hydrogens is 507 g/mol. The summed E-state index contributed by atoms with van der Waals surface area (Å²) in [5, 5.41) is 7.53. The van der Waals surface area contributed by atoms with Crippen molar-refractivity contribution in [3.63, 3.8) is 0 Å². The van der Waals surface area contributed by atoms with Gasteiger partial charge in [-0.1, -0.05) is 18.2 Å². The van der Waals surface area contributed by atoms with E-state index in [0.29, 0.717) is 44.1 Å². The zero-order valence-electron chi connectivity index (χ0n) is 20.8. The number of carbonyl (C=O) groups excluding carboxylic acids is 2. The van der Waals surface area contributed by atoms with Crippen LogP contribution in [0, 0.1) is 0 Å². The largest absolute Gasteiger partial charge is 0.416 e. The van der Waals surface area contributed by atoms with Gasteiger partial charge in [-0.2, -0.15) is 18.3 Å². The number of likely N-dealkylation sites (N-methyl/N-ethyl adjacent to an activating group) is 1. The van der Waals surface area contributed by atoms with Crippen molar-refractivity contribution < 1.29 is 22.8 Å². The number of alkyl halides is 3. The van der Waals surface area contributed by atoms with Crippen LogP contribution in [0.1, 0.15) is 77.2 Å². The molecule has 37 heavy (non-hydrogen) atoms. The smallest absolute Gasteiger partial charge is 0.341 e. The highest BCUT2D eigenvalue weighted by molar-refractivity contribution is 5.95. The Bertz CT molecular complexity index is 1130. The number of amides is 2. The predicted molar refractivity (Wildman–Crippen MR) is 135 cm³/mol. The third-order valence-electron chi connectivity index (χ3n) is 7.70. The van der Waals surface area contributed by atoms with Crippen LogP contribution in [-0.2, 0) is 11.0 Å². The van der Waals surface area contributed by atoms with E-state index in [9.17, 15) is 22.8 Å². The minimum absolute atomic E-state index is 0. The van der Waals surface area contributed by atoms with Crippen LogP contribution in [0.5, 0.6) is 0 Å². The number of rotatable bonds is 6. The summed E-state index contributed by atoms with van der Waals surface area (Å²) < 4.78 is 42.6. The Hall–Kier alpha value is -2.59. The first-order valence-corrected chi connectivity index (χ1v) is 12.7. The molecule has 1 saturated carbocycles. The van der Waals surface area contributed by atoms with Gasteiger partial charge in [0.25, 0.3) is 5.91 Å². The summed E-state index contributed by atoms with van der Waals surface area (Å²) in [6.45, 7) is 2.34. The van der Waals surface area contributed by atoms with E-state index in [4.69, 9.17) is 0 Å². The standard InChI is InChI=1S/C26H32F3N5O2.ClH/c1-30-15-23(35)32-12-9-19(10-13-32)34-24(17-6-7-17)21(14-31-34)25(36)33-11-8-18(16-33)20-4-2-3-5-22(20)26(27,28)29;/h2-5,14,17-19,30H,6-13,15-16H2,1H3;1H/t18-;/m1./s1. The topological polar surface area (TPSA) is 70.5 Å². The molecule has 1 atom stereocenters. The van der Waals surface area contributed by atoms with Gasteiger partial charge in [0, 0.05) is 38.0 Å². The molecule has 3 heterocycles. The maximum absolute atomic E-state index is 13.6. The molecule has 202 valence electrons. The number of likely N-dealkylation sites (tertiary alicyclic amines) is 2. The van der Waals surface area contributed by atoms with E-state index in [2.05, 4.69) is 10.4 Å². The van der Waals surface area contributed by atoms with Crippen LogP contribution < -0.4 is 5.32 Å². The maximum atomic E-state index is 13.6. The highest BCUT2D eigenvalue weighted by Gasteiger charge is 2.40. The number of halogens is 4. The number of hydrogen-bond acceptors (Lipinski definition) is 4. The maximum Gasteiger partial charge on any atom is 0.416 e. The molecule has 2 aliphatic heterocycles. The van der Waals surface area contributed by atoms with Crippen LogP contribution in [0.25, 0.3) is 0 Å². The van der Waals surface area contributed by atoms with Gasteiger partial charge in [0.2, 0.25) is 5.91 Å². The lowest BCUT2D eigenvalue weighted by atomic mass is 9.93. The molecule has 2 aromatic rings. The summed E-state index contributed by atoms with van der Waals surface area (Å²) >= 11 is 0. The second kappa shape index (κ2) is 11.0. The number of benzene rings is 1. The fourth-order valence-corrected chi connectivity index (χ4v) is 5.69. The summed E-state index contributed by atoms with van der Waals surface area (Å²) in [5.74, 6) is -0.104. The quantitative estimate of drug-likeness (QED) is 0.597. The zero-order valence-corrected chi connectivity index (χ0v) is 21.7. The van der Waals surface area contributed by atoms with Gasteiger partial charge in [-0.15, -0.1) is 12.4 Å². The number of carbonyl (C=O) groups is 2. The summed E-state index contributed by atoms with van der Waals surface area (Å²) in [7, 11) is 1.76. The van der Waals surface area contributed by atoms with Crippen LogP contribution in [0.2, 0.25) is 0 Å². The van der Waals surface area contributed by atoms with Crippen molar-refractivity contribution in [3.05, 3.63) is 52.8 Å². The Morgan fingerprint density at radius 1 is 1.00 bits per heavy atom. The van der Waals surface area contributed by atoms with Crippen LogP contribution >= 0.6 is 12.4 Å². The molecule has 1 aliphatic carbocycles. The fraction of sp³-hybridized carbons (Fsp3) is 0.577. The van der Waals surface area contributed by atoms with Crippen LogP contribution in [-0.4, -0.2) is 71.2 Å². The Kier molecular flexibility index (Phi) is 8.18. The predicted octanol–water partition coefficient (Wildman–Crippen LogP) is 4.21. The molecule has 0 spiro atoms. The van der Waals surface area contributed by atoms with E-state index in [1.807, 2.05) is 9.58 Å². The summed E-state index contributed by atoms with van der Waals surface area (Å²) in [4.78, 5) is 29.3. The lowest BCUT2D eigenvalue weighted by molar-refractivity contribution is -0.138. The lowest BCUT2D eigenvalue weighted by Crippen LogP contribution is -2.43. The fourth-order valence-electron chi connectivity index (χ4n) is 5.69. The first-order chi connectivity index (χ1) is 17.3. The SMILES string of the molecule is CNCC(=O)N1CCC(n2ncc(C(=O)N3CC[C@@H](c4ccccc4C(F)(F)F)C3)c2C2CC2)CC1.Cl. The van der Waals surface area contributed by atoms with Gasteiger partial charge < -0.3 is 15.1 Å². The van der Waals surface area contributed by atoms with E-state index < -0.39 is 11.7 Å². The van der Waals surface area contributed by atoms with Crippen molar-refractivity contribution in [2.75, 3.05) is 39.8 Å². The Morgan fingerprint density at radius 2 is 1.68 bits per heavy atom. The van der Waals surface area contributed by atoms with E-state index in [1.54, 1.807) is 24.2 Å². The molecule has 0 bridgehead atoms. The third kappa shape index (κ3) is 5.65. The first-order valence-electron chi connectivity index (χ1n) is 12.7. The second-order valence-corrected chi connectivity index (χ2v) is 10.1. The highest BCUT2D eigenvalue weighted by Crippen LogP contribution is 2.44. The minimum Gasteiger partial charge on any atom is -0.341 e. The van der Waals surface area contributed by atoms with Crippen molar-refractivity contribution in [1.29, 1.82) is 0 Å². The van der Waals surface area contributed by atoms with Crippen molar-refractivity contribution in [2.24, 2.45) is 0 Å². The van der Waals surface area contributed by atoms with Gasteiger partial charge >= 0.3 is 6.18 Å². The van der Waals surface area contributed by atoms with Crippen LogP contribution in [0.4, 0.5) is 13.2 Å². The molecule has 2 amide bonds.